The predicted molar refractivity (Wildman–Crippen MR) is 83.3 cm³/mol. The molecule has 0 unspecified atom stereocenters. The maximum atomic E-state index is 11.9. The van der Waals surface area contributed by atoms with Gasteiger partial charge in [-0.1, -0.05) is 50.6 Å². The largest absolute Gasteiger partial charge is 0.503 e. The summed E-state index contributed by atoms with van der Waals surface area (Å²) in [5.41, 5.74) is 0.278. The van der Waals surface area contributed by atoms with Gasteiger partial charge in [0, 0.05) is 0 Å². The minimum absolute atomic E-state index is 0.0702. The van der Waals surface area contributed by atoms with Gasteiger partial charge < -0.3 is 14.6 Å². The molecule has 1 rings (SSSR count). The van der Waals surface area contributed by atoms with E-state index in [1.54, 1.807) is 0 Å². The van der Waals surface area contributed by atoms with Gasteiger partial charge in [-0.05, 0) is 18.6 Å². The SMILES string of the molecule is CCCCCCCCOC(=O)c1cc(Cl)c(O)c(OC)c1. The molecule has 118 valence electrons. The number of unbranched alkanes of at least 4 members (excludes halogenated alkanes) is 5. The van der Waals surface area contributed by atoms with Gasteiger partial charge in [-0.15, -0.1) is 0 Å². The van der Waals surface area contributed by atoms with Crippen LogP contribution in [0.2, 0.25) is 5.02 Å². The summed E-state index contributed by atoms with van der Waals surface area (Å²) < 4.78 is 10.1. The van der Waals surface area contributed by atoms with E-state index in [1.165, 1.54) is 44.9 Å². The fourth-order valence-corrected chi connectivity index (χ4v) is 2.19. The van der Waals surface area contributed by atoms with Crippen molar-refractivity contribution >= 4 is 17.6 Å². The first-order valence-corrected chi connectivity index (χ1v) is 7.71. The Morgan fingerprint density at radius 3 is 2.52 bits per heavy atom. The number of ether oxygens (including phenoxy) is 2. The number of hydrogen-bond acceptors (Lipinski definition) is 4. The van der Waals surface area contributed by atoms with Crippen LogP contribution in [0, 0.1) is 0 Å². The maximum Gasteiger partial charge on any atom is 0.338 e. The van der Waals surface area contributed by atoms with Crippen molar-refractivity contribution in [2.24, 2.45) is 0 Å². The maximum absolute atomic E-state index is 11.9. The molecule has 0 atom stereocenters. The van der Waals surface area contributed by atoms with Crippen LogP contribution in [0.4, 0.5) is 0 Å². The number of rotatable bonds is 9. The number of methoxy groups -OCH3 is 1. The molecule has 0 aliphatic heterocycles. The van der Waals surface area contributed by atoms with Crippen LogP contribution in [0.15, 0.2) is 12.1 Å². The fourth-order valence-electron chi connectivity index (χ4n) is 1.98. The smallest absolute Gasteiger partial charge is 0.338 e. The third-order valence-corrected chi connectivity index (χ3v) is 3.50. The van der Waals surface area contributed by atoms with Crippen LogP contribution >= 0.6 is 11.6 Å². The van der Waals surface area contributed by atoms with Gasteiger partial charge in [-0.2, -0.15) is 0 Å². The molecule has 0 spiro atoms. The van der Waals surface area contributed by atoms with Crippen molar-refractivity contribution in [3.63, 3.8) is 0 Å². The molecule has 0 aromatic heterocycles. The number of hydrogen-bond donors (Lipinski definition) is 1. The minimum atomic E-state index is -0.455. The zero-order chi connectivity index (χ0) is 15.7. The summed E-state index contributed by atoms with van der Waals surface area (Å²) in [4.78, 5) is 11.9. The van der Waals surface area contributed by atoms with E-state index in [-0.39, 0.29) is 22.1 Å². The Balaban J connectivity index is 2.40. The van der Waals surface area contributed by atoms with Gasteiger partial charge in [-0.25, -0.2) is 4.79 Å². The third kappa shape index (κ3) is 5.84. The van der Waals surface area contributed by atoms with Gasteiger partial charge in [0.05, 0.1) is 24.3 Å². The first-order valence-electron chi connectivity index (χ1n) is 7.33. The number of carbonyl (C=O) groups excluding carboxylic acids is 1. The Bertz CT molecular complexity index is 460. The Hall–Kier alpha value is -1.42. The quantitative estimate of drug-likeness (QED) is 0.536. The normalized spacial score (nSPS) is 10.4. The van der Waals surface area contributed by atoms with E-state index in [1.807, 2.05) is 0 Å². The van der Waals surface area contributed by atoms with Crippen LogP contribution in [-0.2, 0) is 4.74 Å². The van der Waals surface area contributed by atoms with E-state index in [9.17, 15) is 9.90 Å². The van der Waals surface area contributed by atoms with Gasteiger partial charge in [-0.3, -0.25) is 0 Å². The molecule has 0 saturated carbocycles. The molecule has 0 radical (unpaired) electrons. The molecule has 0 fully saturated rings. The molecule has 1 aromatic carbocycles. The second-order valence-electron chi connectivity index (χ2n) is 4.91. The summed E-state index contributed by atoms with van der Waals surface area (Å²) in [7, 11) is 1.40. The zero-order valence-corrected chi connectivity index (χ0v) is 13.4. The molecule has 4 nitrogen and oxygen atoms in total. The molecular formula is C16H23ClO4. The lowest BCUT2D eigenvalue weighted by Crippen LogP contribution is -2.07. The molecule has 0 aliphatic carbocycles. The van der Waals surface area contributed by atoms with E-state index in [0.29, 0.717) is 6.61 Å². The van der Waals surface area contributed by atoms with E-state index < -0.39 is 5.97 Å². The lowest BCUT2D eigenvalue weighted by molar-refractivity contribution is 0.0497. The molecule has 0 aliphatic rings. The van der Waals surface area contributed by atoms with Gasteiger partial charge in [0.2, 0.25) is 0 Å². The second-order valence-corrected chi connectivity index (χ2v) is 5.32. The van der Waals surface area contributed by atoms with E-state index >= 15 is 0 Å². The highest BCUT2D eigenvalue weighted by Gasteiger charge is 2.14. The number of phenols is 1. The van der Waals surface area contributed by atoms with Gasteiger partial charge in [0.1, 0.15) is 0 Å². The Kier molecular flexibility index (Phi) is 7.98. The minimum Gasteiger partial charge on any atom is -0.503 e. The molecule has 0 saturated heterocycles. The fraction of sp³-hybridized carbons (Fsp3) is 0.562. The molecule has 21 heavy (non-hydrogen) atoms. The van der Waals surface area contributed by atoms with E-state index in [4.69, 9.17) is 21.1 Å². The molecule has 0 amide bonds. The average Bonchev–Trinajstić information content (AvgIpc) is 2.48. The second kappa shape index (κ2) is 9.50. The monoisotopic (exact) mass is 314 g/mol. The van der Waals surface area contributed by atoms with Crippen LogP contribution in [0.1, 0.15) is 55.8 Å². The van der Waals surface area contributed by atoms with Gasteiger partial charge in [0.25, 0.3) is 0 Å². The van der Waals surface area contributed by atoms with Crippen molar-refractivity contribution < 1.29 is 19.4 Å². The topological polar surface area (TPSA) is 55.8 Å². The van der Waals surface area contributed by atoms with Crippen LogP contribution in [0.3, 0.4) is 0 Å². The first kappa shape index (κ1) is 17.6. The summed E-state index contributed by atoms with van der Waals surface area (Å²) in [6.07, 6.45) is 6.80. The first-order chi connectivity index (χ1) is 10.1. The summed E-state index contributed by atoms with van der Waals surface area (Å²) in [6, 6.07) is 2.80. The third-order valence-electron chi connectivity index (χ3n) is 3.22. The van der Waals surface area contributed by atoms with Crippen LogP contribution in [0.25, 0.3) is 0 Å². The van der Waals surface area contributed by atoms with Crippen molar-refractivity contribution in [3.8, 4) is 11.5 Å². The summed E-state index contributed by atoms with van der Waals surface area (Å²) in [6.45, 7) is 2.57. The number of carbonyl (C=O) groups is 1. The highest BCUT2D eigenvalue weighted by molar-refractivity contribution is 6.32. The van der Waals surface area contributed by atoms with Crippen molar-refractivity contribution in [1.29, 1.82) is 0 Å². The molecular weight excluding hydrogens is 292 g/mol. The average molecular weight is 315 g/mol. The number of halogens is 1. The van der Waals surface area contributed by atoms with Gasteiger partial charge in [0.15, 0.2) is 11.5 Å². The molecule has 1 aromatic rings. The van der Waals surface area contributed by atoms with E-state index in [0.717, 1.165) is 12.8 Å². The van der Waals surface area contributed by atoms with Crippen LogP contribution in [-0.4, -0.2) is 24.8 Å². The lowest BCUT2D eigenvalue weighted by Gasteiger charge is -2.09. The standard InChI is InChI=1S/C16H23ClO4/c1-3-4-5-6-7-8-9-21-16(19)12-10-13(17)15(18)14(11-12)20-2/h10-11,18H,3-9H2,1-2H3. The number of phenolic OH excluding ortho intramolecular Hbond substituents is 1. The summed E-state index contributed by atoms with van der Waals surface area (Å²) >= 11 is 5.84. The highest BCUT2D eigenvalue weighted by atomic mass is 35.5. The van der Waals surface area contributed by atoms with Crippen molar-refractivity contribution in [2.45, 2.75) is 45.4 Å². The Morgan fingerprint density at radius 1 is 1.19 bits per heavy atom. The lowest BCUT2D eigenvalue weighted by atomic mass is 10.1. The summed E-state index contributed by atoms with van der Waals surface area (Å²) in [5.74, 6) is -0.468. The van der Waals surface area contributed by atoms with Crippen LogP contribution < -0.4 is 4.74 Å². The molecule has 1 N–H and O–H groups in total. The van der Waals surface area contributed by atoms with E-state index in [2.05, 4.69) is 6.92 Å². The van der Waals surface area contributed by atoms with Crippen LogP contribution in [0.5, 0.6) is 11.5 Å². The number of esters is 1. The summed E-state index contributed by atoms with van der Waals surface area (Å²) in [5, 5.41) is 9.68. The highest BCUT2D eigenvalue weighted by Crippen LogP contribution is 2.35. The number of aromatic hydroxyl groups is 1. The Labute approximate surface area is 131 Å². The molecule has 0 heterocycles. The number of benzene rings is 1. The zero-order valence-electron chi connectivity index (χ0n) is 12.7. The van der Waals surface area contributed by atoms with Gasteiger partial charge >= 0.3 is 5.97 Å². The van der Waals surface area contributed by atoms with Crippen molar-refractivity contribution in [1.82, 2.24) is 0 Å². The predicted octanol–water partition coefficient (Wildman–Crippen LogP) is 4.57. The molecule has 5 heteroatoms. The van der Waals surface area contributed by atoms with Crippen molar-refractivity contribution in [3.05, 3.63) is 22.7 Å². The Morgan fingerprint density at radius 2 is 1.86 bits per heavy atom. The van der Waals surface area contributed by atoms with Crippen molar-refractivity contribution in [2.75, 3.05) is 13.7 Å². The molecule has 0 bridgehead atoms.